The first-order valence-electron chi connectivity index (χ1n) is 5.90. The van der Waals surface area contributed by atoms with Crippen LogP contribution in [0.5, 0.6) is 0 Å². The largest absolute Gasteiger partial charge is 0.481 e. The van der Waals surface area contributed by atoms with E-state index in [0.29, 0.717) is 10.0 Å². The fourth-order valence-corrected chi connectivity index (χ4v) is 2.51. The van der Waals surface area contributed by atoms with E-state index in [0.717, 1.165) is 17.3 Å². The molecule has 21 heavy (non-hydrogen) atoms. The van der Waals surface area contributed by atoms with Crippen molar-refractivity contribution < 1.29 is 18.7 Å². The number of aromatic nitrogens is 2. The average Bonchev–Trinajstić information content (AvgIpc) is 2.82. The second-order valence-electron chi connectivity index (χ2n) is 4.17. The first kappa shape index (κ1) is 15.8. The lowest BCUT2D eigenvalue weighted by Gasteiger charge is -2.06. The van der Waals surface area contributed by atoms with Crippen LogP contribution in [0.3, 0.4) is 0 Å². The van der Waals surface area contributed by atoms with Gasteiger partial charge in [-0.05, 0) is 23.8 Å². The number of nitrogens with zero attached hydrogens (tertiary/aromatic N) is 2. The van der Waals surface area contributed by atoms with Gasteiger partial charge >= 0.3 is 5.97 Å². The lowest BCUT2D eigenvalue weighted by atomic mass is 10.2. The topological polar surface area (TPSA) is 55.1 Å². The third-order valence-electron chi connectivity index (χ3n) is 2.57. The van der Waals surface area contributed by atoms with Crippen LogP contribution in [0.15, 0.2) is 35.4 Å². The quantitative estimate of drug-likeness (QED) is 0.819. The molecule has 0 atom stereocenters. The number of hydrogen-bond donors (Lipinski definition) is 1. The zero-order valence-electron chi connectivity index (χ0n) is 10.7. The molecule has 0 radical (unpaired) electrons. The van der Waals surface area contributed by atoms with Gasteiger partial charge in [0, 0.05) is 5.02 Å². The number of benzene rings is 1. The Morgan fingerprint density at radius 1 is 1.38 bits per heavy atom. The van der Waals surface area contributed by atoms with Gasteiger partial charge in [0.2, 0.25) is 0 Å². The number of rotatable bonds is 6. The summed E-state index contributed by atoms with van der Waals surface area (Å²) in [5, 5.41) is 13.5. The van der Waals surface area contributed by atoms with Gasteiger partial charge in [-0.25, -0.2) is 8.78 Å². The summed E-state index contributed by atoms with van der Waals surface area (Å²) >= 11 is 6.74. The fraction of sp³-hybridized carbons (Fsp3) is 0.231. The summed E-state index contributed by atoms with van der Waals surface area (Å²) in [4.78, 5) is 10.6. The number of halogens is 3. The first-order valence-corrected chi connectivity index (χ1v) is 7.27. The SMILES string of the molecule is O=C(O)CSc1cc(C(F)F)nn1Cc1ccc(Cl)cc1. The molecule has 0 unspecified atom stereocenters. The number of thioether (sulfide) groups is 1. The van der Waals surface area contributed by atoms with Crippen LogP contribution in [0.1, 0.15) is 17.7 Å². The van der Waals surface area contributed by atoms with Crippen molar-refractivity contribution in [3.8, 4) is 0 Å². The Kier molecular flexibility index (Phi) is 5.19. The van der Waals surface area contributed by atoms with Gasteiger partial charge in [-0.3, -0.25) is 9.48 Å². The second-order valence-corrected chi connectivity index (χ2v) is 5.61. The zero-order chi connectivity index (χ0) is 15.4. The van der Waals surface area contributed by atoms with Crippen molar-refractivity contribution in [3.05, 3.63) is 46.6 Å². The van der Waals surface area contributed by atoms with Crippen molar-refractivity contribution in [1.82, 2.24) is 9.78 Å². The summed E-state index contributed by atoms with van der Waals surface area (Å²) in [6.07, 6.45) is -2.69. The number of carboxylic acid groups (broad SMARTS) is 1. The van der Waals surface area contributed by atoms with Crippen LogP contribution >= 0.6 is 23.4 Å². The molecule has 1 aromatic carbocycles. The van der Waals surface area contributed by atoms with E-state index in [1.807, 2.05) is 0 Å². The van der Waals surface area contributed by atoms with Gasteiger partial charge in [-0.2, -0.15) is 5.10 Å². The smallest absolute Gasteiger partial charge is 0.313 e. The molecule has 0 aliphatic heterocycles. The molecule has 1 N–H and O–H groups in total. The predicted octanol–water partition coefficient (Wildman–Crippen LogP) is 3.70. The van der Waals surface area contributed by atoms with E-state index < -0.39 is 12.4 Å². The maximum atomic E-state index is 12.7. The Morgan fingerprint density at radius 3 is 2.62 bits per heavy atom. The lowest BCUT2D eigenvalue weighted by Crippen LogP contribution is -2.05. The Bertz CT molecular complexity index is 632. The van der Waals surface area contributed by atoms with Crippen molar-refractivity contribution >= 4 is 29.3 Å². The summed E-state index contributed by atoms with van der Waals surface area (Å²) in [5.74, 6) is -1.23. The molecule has 8 heteroatoms. The summed E-state index contributed by atoms with van der Waals surface area (Å²) in [5.41, 5.74) is 0.470. The van der Waals surface area contributed by atoms with Gasteiger partial charge < -0.3 is 5.11 Å². The Morgan fingerprint density at radius 2 is 2.05 bits per heavy atom. The molecule has 0 saturated heterocycles. The number of hydrogen-bond acceptors (Lipinski definition) is 3. The fourth-order valence-electron chi connectivity index (χ4n) is 1.65. The molecule has 2 aromatic rings. The second kappa shape index (κ2) is 6.91. The van der Waals surface area contributed by atoms with Crippen molar-refractivity contribution in [2.45, 2.75) is 18.0 Å². The Balaban J connectivity index is 2.22. The van der Waals surface area contributed by atoms with E-state index in [1.54, 1.807) is 24.3 Å². The van der Waals surface area contributed by atoms with E-state index in [-0.39, 0.29) is 18.0 Å². The van der Waals surface area contributed by atoms with Gasteiger partial charge in [0.05, 0.1) is 17.3 Å². The highest BCUT2D eigenvalue weighted by molar-refractivity contribution is 7.99. The minimum Gasteiger partial charge on any atom is -0.481 e. The van der Waals surface area contributed by atoms with Gasteiger partial charge in [-0.1, -0.05) is 35.5 Å². The number of aliphatic carboxylic acids is 1. The predicted molar refractivity (Wildman–Crippen MR) is 76.1 cm³/mol. The van der Waals surface area contributed by atoms with Crippen molar-refractivity contribution in [2.75, 3.05) is 5.75 Å². The Labute approximate surface area is 128 Å². The number of carboxylic acids is 1. The van der Waals surface area contributed by atoms with Crippen LogP contribution in [0, 0.1) is 0 Å². The Hall–Kier alpha value is -1.60. The van der Waals surface area contributed by atoms with Crippen LogP contribution in [-0.4, -0.2) is 26.6 Å². The average molecular weight is 333 g/mol. The molecule has 112 valence electrons. The van der Waals surface area contributed by atoms with E-state index in [2.05, 4.69) is 5.10 Å². The van der Waals surface area contributed by atoms with E-state index in [9.17, 15) is 13.6 Å². The normalized spacial score (nSPS) is 11.0. The number of alkyl halides is 2. The summed E-state index contributed by atoms with van der Waals surface area (Å²) < 4.78 is 26.8. The minimum absolute atomic E-state index is 0.213. The lowest BCUT2D eigenvalue weighted by molar-refractivity contribution is -0.133. The minimum atomic E-state index is -2.69. The zero-order valence-corrected chi connectivity index (χ0v) is 12.2. The summed E-state index contributed by atoms with van der Waals surface area (Å²) in [6.45, 7) is 0.270. The van der Waals surface area contributed by atoms with Gasteiger partial charge in [0.1, 0.15) is 5.69 Å². The third-order valence-corrected chi connectivity index (χ3v) is 3.84. The maximum Gasteiger partial charge on any atom is 0.313 e. The molecule has 0 amide bonds. The van der Waals surface area contributed by atoms with Crippen molar-refractivity contribution in [2.24, 2.45) is 0 Å². The van der Waals surface area contributed by atoms with Crippen LogP contribution in [-0.2, 0) is 11.3 Å². The standard InChI is InChI=1S/C13H11ClF2N2O2S/c14-9-3-1-8(2-4-9)6-18-11(21-7-12(19)20)5-10(17-18)13(15)16/h1-5,13H,6-7H2,(H,19,20). The molecule has 0 aliphatic rings. The van der Waals surface area contributed by atoms with Crippen LogP contribution in [0.25, 0.3) is 0 Å². The highest BCUT2D eigenvalue weighted by Gasteiger charge is 2.16. The molecule has 0 saturated carbocycles. The van der Waals surface area contributed by atoms with Gasteiger partial charge in [0.15, 0.2) is 0 Å². The number of carbonyl (C=O) groups is 1. The van der Waals surface area contributed by atoms with Crippen LogP contribution in [0.4, 0.5) is 8.78 Å². The van der Waals surface area contributed by atoms with Gasteiger partial charge in [0.25, 0.3) is 6.43 Å². The monoisotopic (exact) mass is 332 g/mol. The molecule has 0 aliphatic carbocycles. The third kappa shape index (κ3) is 4.44. The molecule has 0 fully saturated rings. The molecule has 1 aromatic heterocycles. The molecule has 0 spiro atoms. The molecule has 1 heterocycles. The van der Waals surface area contributed by atoms with Crippen LogP contribution in [0.2, 0.25) is 5.02 Å². The molecular formula is C13H11ClF2N2O2S. The highest BCUT2D eigenvalue weighted by Crippen LogP contribution is 2.25. The summed E-state index contributed by atoms with van der Waals surface area (Å²) in [6, 6.07) is 8.13. The highest BCUT2D eigenvalue weighted by atomic mass is 35.5. The van der Waals surface area contributed by atoms with Gasteiger partial charge in [-0.15, -0.1) is 0 Å². The van der Waals surface area contributed by atoms with Crippen molar-refractivity contribution in [3.63, 3.8) is 0 Å². The molecule has 4 nitrogen and oxygen atoms in total. The van der Waals surface area contributed by atoms with E-state index in [4.69, 9.17) is 16.7 Å². The van der Waals surface area contributed by atoms with Crippen LogP contribution < -0.4 is 0 Å². The molecule has 0 bridgehead atoms. The molecular weight excluding hydrogens is 322 g/mol. The van der Waals surface area contributed by atoms with E-state index >= 15 is 0 Å². The summed E-state index contributed by atoms with van der Waals surface area (Å²) in [7, 11) is 0. The van der Waals surface area contributed by atoms with E-state index in [1.165, 1.54) is 10.7 Å². The first-order chi connectivity index (χ1) is 9.95. The van der Waals surface area contributed by atoms with Crippen molar-refractivity contribution in [1.29, 1.82) is 0 Å². The molecule has 2 rings (SSSR count). The maximum absolute atomic E-state index is 12.7.